The topological polar surface area (TPSA) is 41.5 Å². The van der Waals surface area contributed by atoms with E-state index in [0.717, 1.165) is 25.3 Å². The lowest BCUT2D eigenvalue weighted by Crippen LogP contribution is -2.34. The second-order valence-corrected chi connectivity index (χ2v) is 4.34. The van der Waals surface area contributed by atoms with Crippen molar-refractivity contribution >= 4 is 0 Å². The fourth-order valence-electron chi connectivity index (χ4n) is 2.14. The van der Waals surface area contributed by atoms with Crippen molar-refractivity contribution < 1.29 is 9.84 Å². The van der Waals surface area contributed by atoms with Gasteiger partial charge in [0, 0.05) is 24.1 Å². The van der Waals surface area contributed by atoms with Crippen molar-refractivity contribution in [2.75, 3.05) is 19.8 Å². The summed E-state index contributed by atoms with van der Waals surface area (Å²) in [6, 6.07) is 8.51. The summed E-state index contributed by atoms with van der Waals surface area (Å²) in [5.74, 6) is 1.45. The van der Waals surface area contributed by atoms with Crippen LogP contribution in [0.15, 0.2) is 24.3 Å². The van der Waals surface area contributed by atoms with Crippen molar-refractivity contribution in [3.63, 3.8) is 0 Å². The van der Waals surface area contributed by atoms with Gasteiger partial charge in [-0.3, -0.25) is 0 Å². The zero-order valence-electron chi connectivity index (χ0n) is 9.65. The molecule has 0 amide bonds. The molecule has 0 aromatic heterocycles. The monoisotopic (exact) mass is 221 g/mol. The molecule has 1 aliphatic heterocycles. The van der Waals surface area contributed by atoms with E-state index in [4.69, 9.17) is 9.84 Å². The lowest BCUT2D eigenvalue weighted by atomic mass is 9.92. The van der Waals surface area contributed by atoms with E-state index in [9.17, 15) is 0 Å². The highest BCUT2D eigenvalue weighted by Crippen LogP contribution is 2.34. The molecule has 2 unspecified atom stereocenters. The number of nitrogens with one attached hydrogen (secondary N) is 1. The molecule has 1 aliphatic rings. The molecule has 0 fully saturated rings. The summed E-state index contributed by atoms with van der Waals surface area (Å²) in [6.07, 6.45) is 0.798. The minimum Gasteiger partial charge on any atom is -0.493 e. The molecule has 0 radical (unpaired) electrons. The fraction of sp³-hybridized carbons (Fsp3) is 0.538. The van der Waals surface area contributed by atoms with Crippen molar-refractivity contribution in [3.8, 4) is 5.75 Å². The second kappa shape index (κ2) is 5.32. The maximum absolute atomic E-state index is 8.79. The highest BCUT2D eigenvalue weighted by Gasteiger charge is 2.26. The summed E-state index contributed by atoms with van der Waals surface area (Å²) in [4.78, 5) is 0. The van der Waals surface area contributed by atoms with Gasteiger partial charge in [-0.15, -0.1) is 0 Å². The maximum atomic E-state index is 8.79. The standard InChI is InChI=1S/C13H19NO2/c1-10-9-16-12-6-3-2-5-11(12)13(10)14-7-4-8-15/h2-3,5-6,10,13-15H,4,7-9H2,1H3. The van der Waals surface area contributed by atoms with Gasteiger partial charge in [0.15, 0.2) is 0 Å². The highest BCUT2D eigenvalue weighted by molar-refractivity contribution is 5.37. The van der Waals surface area contributed by atoms with Gasteiger partial charge in [-0.2, -0.15) is 0 Å². The van der Waals surface area contributed by atoms with Crippen LogP contribution in [0, 0.1) is 5.92 Å². The Morgan fingerprint density at radius 2 is 2.25 bits per heavy atom. The molecule has 0 saturated carbocycles. The van der Waals surface area contributed by atoms with Crippen LogP contribution in [0.4, 0.5) is 0 Å². The Kier molecular flexibility index (Phi) is 3.80. The summed E-state index contributed by atoms with van der Waals surface area (Å²) < 4.78 is 5.68. The van der Waals surface area contributed by atoms with E-state index >= 15 is 0 Å². The lowest BCUT2D eigenvalue weighted by Gasteiger charge is -2.32. The molecular weight excluding hydrogens is 202 g/mol. The normalized spacial score (nSPS) is 23.6. The van der Waals surface area contributed by atoms with Gasteiger partial charge in [-0.1, -0.05) is 25.1 Å². The molecule has 2 rings (SSSR count). The number of hydrogen-bond acceptors (Lipinski definition) is 3. The predicted molar refractivity (Wildman–Crippen MR) is 63.5 cm³/mol. The zero-order valence-corrected chi connectivity index (χ0v) is 9.65. The van der Waals surface area contributed by atoms with E-state index in [1.165, 1.54) is 5.56 Å². The fourth-order valence-corrected chi connectivity index (χ4v) is 2.14. The third-order valence-corrected chi connectivity index (χ3v) is 3.02. The molecular formula is C13H19NO2. The van der Waals surface area contributed by atoms with E-state index in [-0.39, 0.29) is 6.61 Å². The minimum atomic E-state index is 0.242. The number of aliphatic hydroxyl groups excluding tert-OH is 1. The summed E-state index contributed by atoms with van der Waals surface area (Å²) in [5, 5.41) is 12.3. The van der Waals surface area contributed by atoms with Crippen molar-refractivity contribution in [3.05, 3.63) is 29.8 Å². The van der Waals surface area contributed by atoms with E-state index in [0.29, 0.717) is 12.0 Å². The van der Waals surface area contributed by atoms with Crippen LogP contribution in [0.1, 0.15) is 24.9 Å². The van der Waals surface area contributed by atoms with Crippen LogP contribution in [0.5, 0.6) is 5.75 Å². The Morgan fingerprint density at radius 1 is 1.44 bits per heavy atom. The van der Waals surface area contributed by atoms with Crippen LogP contribution in [0.2, 0.25) is 0 Å². The van der Waals surface area contributed by atoms with Crippen molar-refractivity contribution in [1.82, 2.24) is 5.32 Å². The molecule has 88 valence electrons. The van der Waals surface area contributed by atoms with Gasteiger partial charge in [-0.25, -0.2) is 0 Å². The first-order valence-electron chi connectivity index (χ1n) is 5.89. The number of fused-ring (bicyclic) bond motifs is 1. The average molecular weight is 221 g/mol. The minimum absolute atomic E-state index is 0.242. The Balaban J connectivity index is 2.10. The SMILES string of the molecule is CC1COc2ccccc2C1NCCCO. The zero-order chi connectivity index (χ0) is 11.4. The van der Waals surface area contributed by atoms with Crippen LogP contribution in [-0.4, -0.2) is 24.9 Å². The first-order chi connectivity index (χ1) is 7.83. The lowest BCUT2D eigenvalue weighted by molar-refractivity contribution is 0.186. The smallest absolute Gasteiger partial charge is 0.124 e. The van der Waals surface area contributed by atoms with Crippen LogP contribution in [-0.2, 0) is 0 Å². The van der Waals surface area contributed by atoms with Crippen molar-refractivity contribution in [2.45, 2.75) is 19.4 Å². The Labute approximate surface area is 96.4 Å². The molecule has 3 heteroatoms. The van der Waals surface area contributed by atoms with Gasteiger partial charge < -0.3 is 15.2 Å². The summed E-state index contributed by atoms with van der Waals surface area (Å²) in [7, 11) is 0. The molecule has 2 atom stereocenters. The second-order valence-electron chi connectivity index (χ2n) is 4.34. The molecule has 0 aliphatic carbocycles. The molecule has 16 heavy (non-hydrogen) atoms. The predicted octanol–water partition coefficient (Wildman–Crippen LogP) is 1.73. The summed E-state index contributed by atoms with van der Waals surface area (Å²) >= 11 is 0. The van der Waals surface area contributed by atoms with Crippen molar-refractivity contribution in [1.29, 1.82) is 0 Å². The largest absolute Gasteiger partial charge is 0.493 e. The van der Waals surface area contributed by atoms with Crippen LogP contribution in [0.25, 0.3) is 0 Å². The maximum Gasteiger partial charge on any atom is 0.124 e. The number of hydrogen-bond donors (Lipinski definition) is 2. The molecule has 1 aromatic rings. The van der Waals surface area contributed by atoms with E-state index in [1.54, 1.807) is 0 Å². The van der Waals surface area contributed by atoms with E-state index in [2.05, 4.69) is 18.3 Å². The average Bonchev–Trinajstić information content (AvgIpc) is 2.32. The van der Waals surface area contributed by atoms with Crippen LogP contribution < -0.4 is 10.1 Å². The number of para-hydroxylation sites is 1. The third-order valence-electron chi connectivity index (χ3n) is 3.02. The summed E-state index contributed by atoms with van der Waals surface area (Å²) in [5.41, 5.74) is 1.24. The third kappa shape index (κ3) is 2.36. The van der Waals surface area contributed by atoms with Crippen LogP contribution >= 0.6 is 0 Å². The quantitative estimate of drug-likeness (QED) is 0.761. The Morgan fingerprint density at radius 3 is 3.06 bits per heavy atom. The van der Waals surface area contributed by atoms with Gasteiger partial charge >= 0.3 is 0 Å². The Hall–Kier alpha value is -1.06. The van der Waals surface area contributed by atoms with Gasteiger partial charge in [-0.05, 0) is 19.0 Å². The van der Waals surface area contributed by atoms with E-state index in [1.807, 2.05) is 18.2 Å². The highest BCUT2D eigenvalue weighted by atomic mass is 16.5. The molecule has 1 heterocycles. The molecule has 0 saturated heterocycles. The first kappa shape index (κ1) is 11.4. The number of ether oxygens (including phenoxy) is 1. The van der Waals surface area contributed by atoms with Gasteiger partial charge in [0.1, 0.15) is 5.75 Å². The number of benzene rings is 1. The Bertz CT molecular complexity index is 340. The molecule has 2 N–H and O–H groups in total. The summed E-state index contributed by atoms with van der Waals surface area (Å²) in [6.45, 7) is 4.03. The van der Waals surface area contributed by atoms with Gasteiger partial charge in [0.05, 0.1) is 6.61 Å². The van der Waals surface area contributed by atoms with E-state index < -0.39 is 0 Å². The number of rotatable bonds is 4. The van der Waals surface area contributed by atoms with Gasteiger partial charge in [0.2, 0.25) is 0 Å². The molecule has 3 nitrogen and oxygen atoms in total. The van der Waals surface area contributed by atoms with Crippen LogP contribution in [0.3, 0.4) is 0 Å². The van der Waals surface area contributed by atoms with Crippen molar-refractivity contribution in [2.24, 2.45) is 5.92 Å². The molecule has 0 spiro atoms. The van der Waals surface area contributed by atoms with Gasteiger partial charge in [0.25, 0.3) is 0 Å². The molecule has 1 aromatic carbocycles. The first-order valence-corrected chi connectivity index (χ1v) is 5.89. The molecule has 0 bridgehead atoms. The number of aliphatic hydroxyl groups is 1.